The molecule has 0 bridgehead atoms. The molecule has 2 rings (SSSR count). The number of likely N-dealkylation sites (N-methyl/N-ethyl adjacent to an activating group) is 1. The van der Waals surface area contributed by atoms with E-state index in [0.29, 0.717) is 12.1 Å². The molecular weight excluding hydrogens is 258 g/mol. The first-order valence-electron chi connectivity index (χ1n) is 8.34. The second kappa shape index (κ2) is 6.93. The van der Waals surface area contributed by atoms with Crippen LogP contribution in [0.4, 0.5) is 0 Å². The van der Waals surface area contributed by atoms with Crippen molar-refractivity contribution in [1.82, 2.24) is 5.32 Å². The van der Waals surface area contributed by atoms with Gasteiger partial charge in [-0.25, -0.2) is 0 Å². The molecule has 1 aliphatic carbocycles. The molecule has 1 N–H and O–H groups in total. The minimum atomic E-state index is 0.225. The average Bonchev–Trinajstić information content (AvgIpc) is 3.26. The van der Waals surface area contributed by atoms with E-state index in [1.165, 1.54) is 24.0 Å². The van der Waals surface area contributed by atoms with E-state index in [4.69, 9.17) is 4.74 Å². The summed E-state index contributed by atoms with van der Waals surface area (Å²) in [5.41, 5.74) is 3.02. The van der Waals surface area contributed by atoms with Gasteiger partial charge < -0.3 is 10.1 Å². The fourth-order valence-electron chi connectivity index (χ4n) is 2.98. The van der Waals surface area contributed by atoms with Crippen molar-refractivity contribution in [3.8, 4) is 0 Å². The zero-order valence-electron chi connectivity index (χ0n) is 14.3. The Morgan fingerprint density at radius 1 is 1.19 bits per heavy atom. The van der Waals surface area contributed by atoms with Crippen molar-refractivity contribution in [3.05, 3.63) is 35.4 Å². The fourth-order valence-corrected chi connectivity index (χ4v) is 2.98. The second-order valence-corrected chi connectivity index (χ2v) is 7.30. The van der Waals surface area contributed by atoms with Crippen LogP contribution in [-0.2, 0) is 16.6 Å². The number of benzene rings is 1. The van der Waals surface area contributed by atoms with Crippen molar-refractivity contribution in [2.45, 2.75) is 64.5 Å². The topological polar surface area (TPSA) is 21.3 Å². The van der Waals surface area contributed by atoms with Crippen molar-refractivity contribution >= 4 is 0 Å². The molecule has 1 aromatic carbocycles. The van der Waals surface area contributed by atoms with E-state index in [2.05, 4.69) is 64.3 Å². The summed E-state index contributed by atoms with van der Waals surface area (Å²) in [4.78, 5) is 0. The summed E-state index contributed by atoms with van der Waals surface area (Å²) in [7, 11) is 2.06. The van der Waals surface area contributed by atoms with E-state index in [1.807, 2.05) is 0 Å². The average molecular weight is 289 g/mol. The van der Waals surface area contributed by atoms with Crippen molar-refractivity contribution in [1.29, 1.82) is 0 Å². The van der Waals surface area contributed by atoms with Crippen LogP contribution in [0.25, 0.3) is 0 Å². The lowest BCUT2D eigenvalue weighted by Crippen LogP contribution is -2.42. The quantitative estimate of drug-likeness (QED) is 0.821. The Hall–Kier alpha value is -0.860. The third-order valence-corrected chi connectivity index (χ3v) is 4.49. The minimum absolute atomic E-state index is 0.225. The summed E-state index contributed by atoms with van der Waals surface area (Å²) in [5.74, 6) is 0.760. The van der Waals surface area contributed by atoms with Crippen LogP contribution in [0.2, 0.25) is 0 Å². The molecule has 118 valence electrons. The Morgan fingerprint density at radius 2 is 1.81 bits per heavy atom. The van der Waals surface area contributed by atoms with Gasteiger partial charge in [-0.1, -0.05) is 45.0 Å². The van der Waals surface area contributed by atoms with Crippen LogP contribution in [0, 0.1) is 5.92 Å². The molecule has 1 fully saturated rings. The predicted molar refractivity (Wildman–Crippen MR) is 89.8 cm³/mol. The van der Waals surface area contributed by atoms with Crippen LogP contribution in [0.15, 0.2) is 24.3 Å². The lowest BCUT2D eigenvalue weighted by Gasteiger charge is -2.27. The summed E-state index contributed by atoms with van der Waals surface area (Å²) in [6, 6.07) is 9.52. The molecule has 0 aliphatic heterocycles. The molecule has 0 aromatic heterocycles. The molecule has 0 heterocycles. The molecular formula is C19H31NO. The maximum Gasteiger partial charge on any atom is 0.0759 e. The smallest absolute Gasteiger partial charge is 0.0759 e. The largest absolute Gasteiger partial charge is 0.377 e. The van der Waals surface area contributed by atoms with Crippen LogP contribution in [-0.4, -0.2) is 25.8 Å². The van der Waals surface area contributed by atoms with E-state index in [9.17, 15) is 0 Å². The first-order chi connectivity index (χ1) is 9.95. The molecule has 1 aromatic rings. The molecule has 0 saturated heterocycles. The van der Waals surface area contributed by atoms with Crippen molar-refractivity contribution in [2.24, 2.45) is 5.92 Å². The maximum atomic E-state index is 6.01. The molecule has 21 heavy (non-hydrogen) atoms. The van der Waals surface area contributed by atoms with Gasteiger partial charge in [0, 0.05) is 12.6 Å². The molecule has 2 atom stereocenters. The first kappa shape index (κ1) is 16.5. The minimum Gasteiger partial charge on any atom is -0.377 e. The van der Waals surface area contributed by atoms with E-state index in [0.717, 1.165) is 18.9 Å². The highest BCUT2D eigenvalue weighted by Crippen LogP contribution is 2.36. The van der Waals surface area contributed by atoms with Gasteiger partial charge in [0.25, 0.3) is 0 Å². The Morgan fingerprint density at radius 3 is 2.24 bits per heavy atom. The molecule has 2 nitrogen and oxygen atoms in total. The summed E-state index contributed by atoms with van der Waals surface area (Å²) in [5, 5.41) is 3.48. The number of ether oxygens (including phenoxy) is 1. The molecule has 0 amide bonds. The third-order valence-electron chi connectivity index (χ3n) is 4.49. The SMILES string of the molecule is CCOC(C1CC1)C(Cc1ccc(C(C)(C)C)cc1)NC. The first-order valence-corrected chi connectivity index (χ1v) is 8.34. The lowest BCUT2D eigenvalue weighted by atomic mass is 9.86. The lowest BCUT2D eigenvalue weighted by molar-refractivity contribution is 0.0211. The zero-order valence-corrected chi connectivity index (χ0v) is 14.3. The Labute approximate surface area is 130 Å². The summed E-state index contributed by atoms with van der Waals surface area (Å²) < 4.78 is 6.01. The summed E-state index contributed by atoms with van der Waals surface area (Å²) in [6.45, 7) is 9.69. The van der Waals surface area contributed by atoms with E-state index < -0.39 is 0 Å². The van der Waals surface area contributed by atoms with Crippen LogP contribution in [0.1, 0.15) is 51.7 Å². The standard InChI is InChI=1S/C19H31NO/c1-6-21-18(15-9-10-15)17(20-5)13-14-7-11-16(12-8-14)19(2,3)4/h7-8,11-12,15,17-18,20H,6,9-10,13H2,1-5H3. The van der Waals surface area contributed by atoms with E-state index in [-0.39, 0.29) is 5.41 Å². The number of rotatable bonds is 7. The maximum absolute atomic E-state index is 6.01. The molecule has 1 saturated carbocycles. The monoisotopic (exact) mass is 289 g/mol. The van der Waals surface area contributed by atoms with Crippen molar-refractivity contribution < 1.29 is 4.74 Å². The van der Waals surface area contributed by atoms with Gasteiger partial charge >= 0.3 is 0 Å². The highest BCUT2D eigenvalue weighted by Gasteiger charge is 2.36. The van der Waals surface area contributed by atoms with Gasteiger partial charge in [-0.2, -0.15) is 0 Å². The molecule has 0 radical (unpaired) electrons. The Bertz CT molecular complexity index is 428. The van der Waals surface area contributed by atoms with Crippen LogP contribution in [0.3, 0.4) is 0 Å². The molecule has 2 unspecified atom stereocenters. The Kier molecular flexibility index (Phi) is 5.45. The zero-order chi connectivity index (χ0) is 15.5. The summed E-state index contributed by atoms with van der Waals surface area (Å²) in [6.07, 6.45) is 4.06. The van der Waals surface area contributed by atoms with Crippen LogP contribution >= 0.6 is 0 Å². The molecule has 0 spiro atoms. The van der Waals surface area contributed by atoms with Crippen LogP contribution < -0.4 is 5.32 Å². The second-order valence-electron chi connectivity index (χ2n) is 7.30. The number of hydrogen-bond donors (Lipinski definition) is 1. The highest BCUT2D eigenvalue weighted by molar-refractivity contribution is 5.28. The Balaban J connectivity index is 2.03. The summed E-state index contributed by atoms with van der Waals surface area (Å²) >= 11 is 0. The van der Waals surface area contributed by atoms with E-state index >= 15 is 0 Å². The van der Waals surface area contributed by atoms with Crippen molar-refractivity contribution in [2.75, 3.05) is 13.7 Å². The number of hydrogen-bond acceptors (Lipinski definition) is 2. The van der Waals surface area contributed by atoms with Gasteiger partial charge in [0.05, 0.1) is 6.10 Å². The molecule has 2 heteroatoms. The highest BCUT2D eigenvalue weighted by atomic mass is 16.5. The fraction of sp³-hybridized carbons (Fsp3) is 0.684. The van der Waals surface area contributed by atoms with Crippen LogP contribution in [0.5, 0.6) is 0 Å². The predicted octanol–water partition coefficient (Wildman–Crippen LogP) is 3.93. The van der Waals surface area contributed by atoms with E-state index in [1.54, 1.807) is 0 Å². The van der Waals surface area contributed by atoms with Gasteiger partial charge in [0.2, 0.25) is 0 Å². The number of nitrogens with one attached hydrogen (secondary N) is 1. The molecule has 1 aliphatic rings. The van der Waals surface area contributed by atoms with Gasteiger partial charge in [-0.05, 0) is 55.7 Å². The van der Waals surface area contributed by atoms with Gasteiger partial charge in [0.15, 0.2) is 0 Å². The normalized spacial score (nSPS) is 18.5. The van der Waals surface area contributed by atoms with Gasteiger partial charge in [0.1, 0.15) is 0 Å². The van der Waals surface area contributed by atoms with Crippen molar-refractivity contribution in [3.63, 3.8) is 0 Å². The van der Waals surface area contributed by atoms with Gasteiger partial charge in [-0.3, -0.25) is 0 Å². The van der Waals surface area contributed by atoms with Gasteiger partial charge in [-0.15, -0.1) is 0 Å². The third kappa shape index (κ3) is 4.55.